The Morgan fingerprint density at radius 3 is 2.45 bits per heavy atom. The summed E-state index contributed by atoms with van der Waals surface area (Å²) in [5.41, 5.74) is 0.973. The zero-order chi connectivity index (χ0) is 30.1. The van der Waals surface area contributed by atoms with Gasteiger partial charge < -0.3 is 10.2 Å². The molecular weight excluding hydrogens is 583 g/mol. The number of fused-ring (bicyclic) bond motifs is 5. The lowest BCUT2D eigenvalue weighted by Crippen LogP contribution is -2.60. The van der Waals surface area contributed by atoms with E-state index in [-0.39, 0.29) is 43.4 Å². The fraction of sp³-hybridized carbons (Fsp3) is 0.452. The molecule has 0 bridgehead atoms. The number of benzene rings is 2. The molecule has 3 fully saturated rings. The van der Waals surface area contributed by atoms with E-state index in [0.717, 1.165) is 10.3 Å². The lowest BCUT2D eigenvalue weighted by atomic mass is 9.56. The van der Waals surface area contributed by atoms with Crippen molar-refractivity contribution in [3.8, 4) is 5.75 Å². The molecule has 2 saturated heterocycles. The molecule has 4 amide bonds. The van der Waals surface area contributed by atoms with Crippen molar-refractivity contribution in [2.45, 2.75) is 54.2 Å². The average Bonchev–Trinajstić information content (AvgIpc) is 3.28. The lowest BCUT2D eigenvalue weighted by molar-refractivity contribution is -0.141. The number of allylic oxidation sites excluding steroid dienone is 2. The molecule has 0 spiro atoms. The highest BCUT2D eigenvalue weighted by molar-refractivity contribution is 6.53. The Labute approximate surface area is 252 Å². The fourth-order valence-electron chi connectivity index (χ4n) is 7.66. The monoisotopic (exact) mass is 612 g/mol. The van der Waals surface area contributed by atoms with Crippen molar-refractivity contribution >= 4 is 63.6 Å². The van der Waals surface area contributed by atoms with E-state index < -0.39 is 51.2 Å². The number of amides is 4. The van der Waals surface area contributed by atoms with Crippen LogP contribution in [0.1, 0.15) is 50.0 Å². The highest BCUT2D eigenvalue weighted by Gasteiger charge is 2.76. The third-order valence-electron chi connectivity index (χ3n) is 9.61. The number of alkyl halides is 2. The Kier molecular flexibility index (Phi) is 6.89. The molecule has 42 heavy (non-hydrogen) atoms. The Bertz CT molecular complexity index is 1590. The molecule has 2 aliphatic carbocycles. The number of nitrogens with zero attached hydrogens (tertiary/aromatic N) is 2. The number of aliphatic carboxylic acids is 1. The Hall–Kier alpha value is -3.43. The van der Waals surface area contributed by atoms with E-state index >= 15 is 0 Å². The van der Waals surface area contributed by atoms with Gasteiger partial charge in [-0.05, 0) is 48.4 Å². The van der Waals surface area contributed by atoms with Crippen LogP contribution in [0.5, 0.6) is 5.75 Å². The zero-order valence-corrected chi connectivity index (χ0v) is 24.4. The minimum atomic E-state index is -1.98. The highest BCUT2D eigenvalue weighted by Crippen LogP contribution is 2.66. The third kappa shape index (κ3) is 3.85. The van der Waals surface area contributed by atoms with Gasteiger partial charge in [0, 0.05) is 31.5 Å². The van der Waals surface area contributed by atoms with Crippen LogP contribution in [0.25, 0.3) is 10.8 Å². The van der Waals surface area contributed by atoms with Gasteiger partial charge in [-0.1, -0.05) is 48.4 Å². The second-order valence-corrected chi connectivity index (χ2v) is 13.0. The second-order valence-electron chi connectivity index (χ2n) is 11.7. The van der Waals surface area contributed by atoms with Crippen molar-refractivity contribution in [1.29, 1.82) is 0 Å². The molecule has 2 N–H and O–H groups in total. The third-order valence-corrected chi connectivity index (χ3v) is 11.0. The number of hydrogen-bond donors (Lipinski definition) is 2. The Morgan fingerprint density at radius 2 is 1.71 bits per heavy atom. The number of phenolic OH excluding ortho intramolecular Hbond substituents is 1. The van der Waals surface area contributed by atoms with Gasteiger partial charge in [0.1, 0.15) is 5.75 Å². The predicted molar refractivity (Wildman–Crippen MR) is 154 cm³/mol. The van der Waals surface area contributed by atoms with Gasteiger partial charge in [0.2, 0.25) is 11.8 Å². The molecule has 0 radical (unpaired) electrons. The minimum absolute atomic E-state index is 0.0179. The van der Waals surface area contributed by atoms with E-state index in [0.29, 0.717) is 35.8 Å². The largest absolute Gasteiger partial charge is 0.508 e. The summed E-state index contributed by atoms with van der Waals surface area (Å²) < 4.78 is 0. The summed E-state index contributed by atoms with van der Waals surface area (Å²) in [7, 11) is 1.33. The number of unbranched alkanes of at least 4 members (excludes halogenated alkanes) is 2. The molecule has 0 aromatic heterocycles. The van der Waals surface area contributed by atoms with Crippen molar-refractivity contribution in [3.63, 3.8) is 0 Å². The molecule has 1 saturated carbocycles. The number of aromatic hydroxyl groups is 1. The fourth-order valence-corrected chi connectivity index (χ4v) is 8.66. The summed E-state index contributed by atoms with van der Waals surface area (Å²) in [6.07, 6.45) is 3.45. The Morgan fingerprint density at radius 1 is 0.976 bits per heavy atom. The topological polar surface area (TPSA) is 132 Å². The minimum Gasteiger partial charge on any atom is -0.508 e. The number of likely N-dealkylation sites (tertiary alicyclic amines) is 2. The van der Waals surface area contributed by atoms with Gasteiger partial charge in [0.25, 0.3) is 11.8 Å². The van der Waals surface area contributed by atoms with Crippen molar-refractivity contribution in [2.24, 2.45) is 17.8 Å². The number of phenols is 1. The van der Waals surface area contributed by atoms with E-state index in [4.69, 9.17) is 28.3 Å². The number of rotatable bonds is 7. The number of carboxylic acids is 1. The normalized spacial score (nSPS) is 32.2. The van der Waals surface area contributed by atoms with Crippen LogP contribution in [0.4, 0.5) is 0 Å². The molecule has 2 aromatic rings. The zero-order valence-electron chi connectivity index (χ0n) is 22.9. The van der Waals surface area contributed by atoms with Crippen molar-refractivity contribution in [2.75, 3.05) is 13.6 Å². The smallest absolute Gasteiger partial charge is 0.303 e. The van der Waals surface area contributed by atoms with Crippen molar-refractivity contribution < 1.29 is 34.2 Å². The summed E-state index contributed by atoms with van der Waals surface area (Å²) in [5.74, 6) is -6.22. The first-order chi connectivity index (χ1) is 19.9. The summed E-state index contributed by atoms with van der Waals surface area (Å²) >= 11 is 14.5. The van der Waals surface area contributed by atoms with Crippen LogP contribution in [0.2, 0.25) is 0 Å². The van der Waals surface area contributed by atoms with E-state index in [1.807, 2.05) is 18.2 Å². The molecule has 0 unspecified atom stereocenters. The van der Waals surface area contributed by atoms with E-state index in [1.165, 1.54) is 18.0 Å². The van der Waals surface area contributed by atoms with Crippen LogP contribution in [0.15, 0.2) is 48.0 Å². The van der Waals surface area contributed by atoms with Crippen molar-refractivity contribution in [3.05, 3.63) is 53.6 Å². The first kappa shape index (κ1) is 28.7. The first-order valence-electron chi connectivity index (χ1n) is 14.1. The molecule has 2 aromatic carbocycles. The van der Waals surface area contributed by atoms with Gasteiger partial charge in [0.05, 0.1) is 11.8 Å². The average molecular weight is 613 g/mol. The van der Waals surface area contributed by atoms with Crippen LogP contribution in [-0.2, 0) is 24.0 Å². The molecule has 2 heterocycles. The highest BCUT2D eigenvalue weighted by atomic mass is 35.5. The standard InChI is InChI=1S/C31H30Cl2N2O7/c1-34-28(41)30(32)15-20-18(11-12-19-23(20)27(40)35(26(19)39)14-6-2-3-9-22(37)38)25(31(30,33)29(34)42)24-17-8-5-4-7-16(17)10-13-21(24)36/h4-5,7-8,10-11,13,19-20,23,25,36H,2-3,6,9,12,14-15H2,1H3,(H,37,38)/t19-,20+,23-,25+,30+,31-/m0/s1. The van der Waals surface area contributed by atoms with Crippen LogP contribution in [0.3, 0.4) is 0 Å². The van der Waals surface area contributed by atoms with Gasteiger partial charge in [-0.15, -0.1) is 23.2 Å². The maximum Gasteiger partial charge on any atom is 0.303 e. The number of carboxylic acid groups (broad SMARTS) is 1. The second kappa shape index (κ2) is 10.1. The molecule has 9 nitrogen and oxygen atoms in total. The molecule has 2 aliphatic heterocycles. The van der Waals surface area contributed by atoms with Crippen molar-refractivity contribution in [1.82, 2.24) is 9.80 Å². The van der Waals surface area contributed by atoms with E-state index in [9.17, 15) is 29.1 Å². The molecule has 6 rings (SSSR count). The van der Waals surface area contributed by atoms with Gasteiger partial charge in [-0.3, -0.25) is 33.8 Å². The van der Waals surface area contributed by atoms with Gasteiger partial charge in [-0.2, -0.15) is 0 Å². The van der Waals surface area contributed by atoms with Crippen LogP contribution >= 0.6 is 23.2 Å². The quantitative estimate of drug-likeness (QED) is 0.207. The number of imide groups is 2. The summed E-state index contributed by atoms with van der Waals surface area (Å²) in [4.78, 5) is 63.9. The molecule has 4 aliphatic rings. The number of carbonyl (C=O) groups excluding carboxylic acids is 4. The van der Waals surface area contributed by atoms with Gasteiger partial charge >= 0.3 is 5.97 Å². The summed E-state index contributed by atoms with van der Waals surface area (Å²) in [6, 6.07) is 10.6. The van der Waals surface area contributed by atoms with Gasteiger partial charge in [0.15, 0.2) is 9.75 Å². The molecular formula is C31H30Cl2N2O7. The predicted octanol–water partition coefficient (Wildman–Crippen LogP) is 4.18. The summed E-state index contributed by atoms with van der Waals surface area (Å²) in [5, 5.41) is 21.6. The Balaban J connectivity index is 1.45. The van der Waals surface area contributed by atoms with Crippen LogP contribution in [0, 0.1) is 17.8 Å². The number of hydrogen-bond acceptors (Lipinski definition) is 6. The van der Waals surface area contributed by atoms with Gasteiger partial charge in [-0.25, -0.2) is 0 Å². The maximum atomic E-state index is 13.9. The number of halogens is 2. The lowest BCUT2D eigenvalue weighted by Gasteiger charge is -2.51. The van der Waals surface area contributed by atoms with Crippen LogP contribution in [-0.4, -0.2) is 73.0 Å². The van der Waals surface area contributed by atoms with Crippen LogP contribution < -0.4 is 0 Å². The van der Waals surface area contributed by atoms with E-state index in [2.05, 4.69) is 0 Å². The molecule has 220 valence electrons. The molecule has 6 atom stereocenters. The first-order valence-corrected chi connectivity index (χ1v) is 14.9. The molecule has 11 heteroatoms. The maximum absolute atomic E-state index is 13.9. The number of carbonyl (C=O) groups is 5. The summed E-state index contributed by atoms with van der Waals surface area (Å²) in [6.45, 7) is 0.172. The van der Waals surface area contributed by atoms with E-state index in [1.54, 1.807) is 18.2 Å². The SMILES string of the molecule is CN1C(=O)[C@]2(Cl)C[C@@H]3C(=CC[C@@H]4C(=O)N(CCCCCC(=O)O)C(=O)[C@@H]43)[C@H](c3c(O)ccc4ccccc34)[C@]2(Cl)C1=O.